The van der Waals surface area contributed by atoms with E-state index in [1.807, 2.05) is 30.3 Å². The molecule has 0 aliphatic carbocycles. The van der Waals surface area contributed by atoms with E-state index >= 15 is 0 Å². The highest BCUT2D eigenvalue weighted by Gasteiger charge is 2.22. The fourth-order valence-corrected chi connectivity index (χ4v) is 4.15. The lowest BCUT2D eigenvalue weighted by molar-refractivity contribution is 0.102. The SMILES string of the molecule is CN1CCCCc2nc(NC(=O)c3cccc4cocc34)nc(NCc3ccccc3)c21. The van der Waals surface area contributed by atoms with Crippen molar-refractivity contribution in [2.75, 3.05) is 29.1 Å². The highest BCUT2D eigenvalue weighted by atomic mass is 16.3. The summed E-state index contributed by atoms with van der Waals surface area (Å²) in [7, 11) is 2.07. The molecule has 0 atom stereocenters. The molecule has 1 aliphatic heterocycles. The van der Waals surface area contributed by atoms with Gasteiger partial charge in [0.05, 0.1) is 23.8 Å². The molecule has 0 spiro atoms. The third-order valence-corrected chi connectivity index (χ3v) is 5.79. The lowest BCUT2D eigenvalue weighted by atomic mass is 10.1. The van der Waals surface area contributed by atoms with Gasteiger partial charge in [-0.15, -0.1) is 0 Å². The Hall–Kier alpha value is -3.87. The molecule has 2 aromatic heterocycles. The number of aryl methyl sites for hydroxylation is 1. The molecule has 5 rings (SSSR count). The topological polar surface area (TPSA) is 83.3 Å². The molecule has 1 aliphatic rings. The van der Waals surface area contributed by atoms with Gasteiger partial charge in [-0.2, -0.15) is 4.98 Å². The number of fused-ring (bicyclic) bond motifs is 2. The van der Waals surface area contributed by atoms with Crippen LogP contribution in [0.2, 0.25) is 0 Å². The first-order chi connectivity index (χ1) is 15.7. The van der Waals surface area contributed by atoms with Crippen molar-refractivity contribution >= 4 is 34.1 Å². The average molecular weight is 428 g/mol. The van der Waals surface area contributed by atoms with Crippen LogP contribution in [-0.2, 0) is 13.0 Å². The van der Waals surface area contributed by atoms with Gasteiger partial charge in [0.1, 0.15) is 5.69 Å². The fourth-order valence-electron chi connectivity index (χ4n) is 4.15. The minimum atomic E-state index is -0.257. The number of amides is 1. The summed E-state index contributed by atoms with van der Waals surface area (Å²) in [6, 6.07) is 15.7. The van der Waals surface area contributed by atoms with Crippen molar-refractivity contribution in [3.63, 3.8) is 0 Å². The van der Waals surface area contributed by atoms with Crippen LogP contribution in [0.1, 0.15) is 34.5 Å². The van der Waals surface area contributed by atoms with Crippen LogP contribution < -0.4 is 15.5 Å². The zero-order valence-electron chi connectivity index (χ0n) is 18.0. The van der Waals surface area contributed by atoms with E-state index in [9.17, 15) is 4.79 Å². The van der Waals surface area contributed by atoms with Crippen molar-refractivity contribution in [2.24, 2.45) is 0 Å². The van der Waals surface area contributed by atoms with Gasteiger partial charge in [-0.25, -0.2) is 4.98 Å². The van der Waals surface area contributed by atoms with Crippen molar-refractivity contribution in [1.82, 2.24) is 9.97 Å². The third-order valence-electron chi connectivity index (χ3n) is 5.79. The molecule has 7 heteroatoms. The van der Waals surface area contributed by atoms with Crippen molar-refractivity contribution in [2.45, 2.75) is 25.8 Å². The van der Waals surface area contributed by atoms with E-state index in [0.29, 0.717) is 18.1 Å². The number of benzene rings is 2. The van der Waals surface area contributed by atoms with Gasteiger partial charge >= 0.3 is 0 Å². The lowest BCUT2D eigenvalue weighted by Gasteiger charge is -2.23. The van der Waals surface area contributed by atoms with Gasteiger partial charge in [0.15, 0.2) is 5.82 Å². The van der Waals surface area contributed by atoms with Gasteiger partial charge in [-0.3, -0.25) is 10.1 Å². The molecular weight excluding hydrogens is 402 g/mol. The molecule has 0 unspecified atom stereocenters. The first-order valence-electron chi connectivity index (χ1n) is 10.8. The van der Waals surface area contributed by atoms with E-state index in [2.05, 4.69) is 34.7 Å². The molecule has 3 heterocycles. The number of carbonyl (C=O) groups excluding carboxylic acids is 1. The van der Waals surface area contributed by atoms with Crippen LogP contribution in [0.15, 0.2) is 65.5 Å². The van der Waals surface area contributed by atoms with E-state index in [1.54, 1.807) is 18.6 Å². The van der Waals surface area contributed by atoms with Gasteiger partial charge in [-0.05, 0) is 30.9 Å². The highest BCUT2D eigenvalue weighted by molar-refractivity contribution is 6.12. The number of hydrogen-bond acceptors (Lipinski definition) is 6. The minimum absolute atomic E-state index is 0.257. The summed E-state index contributed by atoms with van der Waals surface area (Å²) in [5.41, 5.74) is 3.65. The van der Waals surface area contributed by atoms with Gasteiger partial charge in [-0.1, -0.05) is 42.5 Å². The Balaban J connectivity index is 1.47. The van der Waals surface area contributed by atoms with Crippen LogP contribution in [0.25, 0.3) is 10.8 Å². The molecule has 0 radical (unpaired) electrons. The first kappa shape index (κ1) is 20.1. The standard InChI is InChI=1S/C25H25N5O2/c1-30-13-6-5-12-21-22(30)23(26-14-17-8-3-2-4-9-17)28-25(27-21)29-24(31)19-11-7-10-18-15-32-16-20(18)19/h2-4,7-11,15-16H,5-6,12-14H2,1H3,(H2,26,27,28,29,31). The fraction of sp³-hybridized carbons (Fsp3) is 0.240. The van der Waals surface area contributed by atoms with Crippen LogP contribution in [-0.4, -0.2) is 29.5 Å². The Bertz CT molecular complexity index is 1250. The quantitative estimate of drug-likeness (QED) is 0.473. The molecule has 1 amide bonds. The molecule has 0 fully saturated rings. The number of anilines is 3. The summed E-state index contributed by atoms with van der Waals surface area (Å²) in [6.45, 7) is 1.59. The van der Waals surface area contributed by atoms with E-state index < -0.39 is 0 Å². The van der Waals surface area contributed by atoms with Crippen molar-refractivity contribution in [3.05, 3.63) is 77.9 Å². The first-order valence-corrected chi connectivity index (χ1v) is 10.8. The maximum atomic E-state index is 13.1. The molecular formula is C25H25N5O2. The van der Waals surface area contributed by atoms with Crippen LogP contribution in [0.3, 0.4) is 0 Å². The number of carbonyl (C=O) groups is 1. The van der Waals surface area contributed by atoms with Crippen LogP contribution in [0.4, 0.5) is 17.5 Å². The Morgan fingerprint density at radius 3 is 2.81 bits per heavy atom. The monoisotopic (exact) mass is 427 g/mol. The van der Waals surface area contributed by atoms with Crippen LogP contribution in [0.5, 0.6) is 0 Å². The number of aromatic nitrogens is 2. The Labute approximate surface area is 186 Å². The van der Waals surface area contributed by atoms with Crippen LogP contribution >= 0.6 is 0 Å². The molecule has 0 saturated carbocycles. The van der Waals surface area contributed by atoms with Crippen molar-refractivity contribution in [3.8, 4) is 0 Å². The summed E-state index contributed by atoms with van der Waals surface area (Å²) < 4.78 is 5.27. The summed E-state index contributed by atoms with van der Waals surface area (Å²) in [5, 5.41) is 8.02. The van der Waals surface area contributed by atoms with Gasteiger partial charge < -0.3 is 14.6 Å². The number of rotatable bonds is 5. The molecule has 2 N–H and O–H groups in total. The van der Waals surface area contributed by atoms with Crippen molar-refractivity contribution in [1.29, 1.82) is 0 Å². The highest BCUT2D eigenvalue weighted by Crippen LogP contribution is 2.32. The summed E-state index contributed by atoms with van der Waals surface area (Å²) in [4.78, 5) is 24.7. The molecule has 162 valence electrons. The predicted octanol–water partition coefficient (Wildman–Crippen LogP) is 4.86. The average Bonchev–Trinajstić information content (AvgIpc) is 3.22. The minimum Gasteiger partial charge on any atom is -0.471 e. The molecule has 2 aromatic carbocycles. The van der Waals surface area contributed by atoms with Gasteiger partial charge in [0.25, 0.3) is 5.91 Å². The number of hydrogen-bond donors (Lipinski definition) is 2. The zero-order chi connectivity index (χ0) is 21.9. The molecule has 32 heavy (non-hydrogen) atoms. The summed E-state index contributed by atoms with van der Waals surface area (Å²) in [5.74, 6) is 0.785. The maximum absolute atomic E-state index is 13.1. The van der Waals surface area contributed by atoms with E-state index in [1.165, 1.54) is 0 Å². The summed E-state index contributed by atoms with van der Waals surface area (Å²) >= 11 is 0. The maximum Gasteiger partial charge on any atom is 0.258 e. The van der Waals surface area contributed by atoms with Gasteiger partial charge in [0.2, 0.25) is 5.95 Å². The van der Waals surface area contributed by atoms with Crippen LogP contribution in [0, 0.1) is 0 Å². The number of nitrogens with zero attached hydrogens (tertiary/aromatic N) is 3. The second kappa shape index (κ2) is 8.70. The summed E-state index contributed by atoms with van der Waals surface area (Å²) in [6.07, 6.45) is 6.21. The molecule has 4 aromatic rings. The second-order valence-electron chi connectivity index (χ2n) is 8.04. The normalized spacial score (nSPS) is 13.5. The molecule has 0 saturated heterocycles. The molecule has 7 nitrogen and oxygen atoms in total. The number of nitrogens with one attached hydrogen (secondary N) is 2. The van der Waals surface area contributed by atoms with E-state index in [-0.39, 0.29) is 5.91 Å². The predicted molar refractivity (Wildman–Crippen MR) is 126 cm³/mol. The third kappa shape index (κ3) is 4.01. The largest absolute Gasteiger partial charge is 0.471 e. The Kier molecular flexibility index (Phi) is 5.46. The Morgan fingerprint density at radius 2 is 1.94 bits per heavy atom. The molecule has 0 bridgehead atoms. The van der Waals surface area contributed by atoms with E-state index in [0.717, 1.165) is 59.3 Å². The number of furan rings is 1. The lowest BCUT2D eigenvalue weighted by Crippen LogP contribution is -2.22. The van der Waals surface area contributed by atoms with Gasteiger partial charge in [0, 0.05) is 30.9 Å². The smallest absolute Gasteiger partial charge is 0.258 e. The second-order valence-corrected chi connectivity index (χ2v) is 8.04. The van der Waals surface area contributed by atoms with Crippen molar-refractivity contribution < 1.29 is 9.21 Å². The van der Waals surface area contributed by atoms with E-state index in [4.69, 9.17) is 14.4 Å². The Morgan fingerprint density at radius 1 is 1.06 bits per heavy atom. The zero-order valence-corrected chi connectivity index (χ0v) is 18.0.